The van der Waals surface area contributed by atoms with E-state index in [1.165, 1.54) is 24.3 Å². The fourth-order valence-corrected chi connectivity index (χ4v) is 3.19. The Bertz CT molecular complexity index is 1080. The van der Waals surface area contributed by atoms with E-state index in [0.29, 0.717) is 45.2 Å². The molecule has 0 saturated heterocycles. The molecule has 3 aromatic rings. The number of anilines is 2. The molecule has 0 fully saturated rings. The van der Waals surface area contributed by atoms with Gasteiger partial charge in [0.15, 0.2) is 0 Å². The lowest BCUT2D eigenvalue weighted by Gasteiger charge is -2.12. The van der Waals surface area contributed by atoms with Crippen LogP contribution in [0.4, 0.5) is 15.8 Å². The fourth-order valence-electron chi connectivity index (χ4n) is 2.69. The lowest BCUT2D eigenvalue weighted by atomic mass is 10.1. The van der Waals surface area contributed by atoms with Crippen LogP contribution in [0.1, 0.15) is 34.6 Å². The molecule has 0 aliphatic rings. The predicted octanol–water partition coefficient (Wildman–Crippen LogP) is 6.13. The van der Waals surface area contributed by atoms with Gasteiger partial charge in [-0.2, -0.15) is 0 Å². The second-order valence-electron chi connectivity index (χ2n) is 7.35. The Balaban J connectivity index is 1.67. The number of hydrogen-bond acceptors (Lipinski definition) is 3. The summed E-state index contributed by atoms with van der Waals surface area (Å²) in [6.45, 7) is 4.70. The highest BCUT2D eigenvalue weighted by molar-refractivity contribution is 9.10. The molecule has 3 aromatic carbocycles. The Kier molecular flexibility index (Phi) is 7.41. The Morgan fingerprint density at radius 3 is 2.19 bits per heavy atom. The first-order chi connectivity index (χ1) is 14.8. The van der Waals surface area contributed by atoms with Crippen molar-refractivity contribution in [3.63, 3.8) is 0 Å². The number of benzene rings is 3. The van der Waals surface area contributed by atoms with E-state index < -0.39 is 0 Å². The first-order valence-corrected chi connectivity index (χ1v) is 10.5. The first kappa shape index (κ1) is 22.5. The number of rotatable bonds is 7. The quantitative estimate of drug-likeness (QED) is 0.423. The van der Waals surface area contributed by atoms with E-state index in [1.807, 2.05) is 0 Å². The van der Waals surface area contributed by atoms with E-state index in [9.17, 15) is 14.0 Å². The molecule has 7 heteroatoms. The third-order valence-corrected chi connectivity index (χ3v) is 4.87. The van der Waals surface area contributed by atoms with Gasteiger partial charge in [0, 0.05) is 22.5 Å². The third-order valence-electron chi connectivity index (χ3n) is 4.25. The number of ether oxygens (including phenoxy) is 1. The van der Waals surface area contributed by atoms with Crippen molar-refractivity contribution in [2.24, 2.45) is 5.92 Å². The molecular weight excluding hydrogens is 463 g/mol. The summed E-state index contributed by atoms with van der Waals surface area (Å²) in [5.41, 5.74) is 1.77. The minimum absolute atomic E-state index is 0.313. The van der Waals surface area contributed by atoms with Crippen molar-refractivity contribution in [1.29, 1.82) is 0 Å². The van der Waals surface area contributed by atoms with E-state index >= 15 is 0 Å². The van der Waals surface area contributed by atoms with Crippen molar-refractivity contribution in [2.75, 3.05) is 17.2 Å². The smallest absolute Gasteiger partial charge is 0.255 e. The van der Waals surface area contributed by atoms with Gasteiger partial charge >= 0.3 is 0 Å². The Labute approximate surface area is 188 Å². The summed E-state index contributed by atoms with van der Waals surface area (Å²) in [4.78, 5) is 25.1. The lowest BCUT2D eigenvalue weighted by Crippen LogP contribution is -2.15. The number of carbonyl (C=O) groups is 2. The van der Waals surface area contributed by atoms with Crippen molar-refractivity contribution in [1.82, 2.24) is 0 Å². The van der Waals surface area contributed by atoms with Crippen LogP contribution in [0.5, 0.6) is 5.75 Å². The molecule has 0 aliphatic heterocycles. The minimum Gasteiger partial charge on any atom is -0.492 e. The molecule has 5 nitrogen and oxygen atoms in total. The molecule has 0 heterocycles. The summed E-state index contributed by atoms with van der Waals surface area (Å²) >= 11 is 3.44. The molecule has 0 atom stereocenters. The van der Waals surface area contributed by atoms with Crippen LogP contribution in [0.3, 0.4) is 0 Å². The average Bonchev–Trinajstić information content (AvgIpc) is 2.74. The van der Waals surface area contributed by atoms with Crippen LogP contribution in [-0.4, -0.2) is 18.4 Å². The summed E-state index contributed by atoms with van der Waals surface area (Å²) in [7, 11) is 0. The summed E-state index contributed by atoms with van der Waals surface area (Å²) in [5.74, 6) is 0.00490. The van der Waals surface area contributed by atoms with Crippen LogP contribution in [0.2, 0.25) is 0 Å². The van der Waals surface area contributed by atoms with Crippen LogP contribution < -0.4 is 15.4 Å². The standard InChI is InChI=1S/C24H22BrFN2O3/c1-15(2)14-31-22-11-6-17(13-21(22)25)24(30)28-20-5-3-4-16(12-20)23(29)27-19-9-7-18(26)8-10-19/h3-13,15H,14H2,1-2H3,(H,27,29)(H,28,30). The normalized spacial score (nSPS) is 10.6. The Morgan fingerprint density at radius 1 is 0.903 bits per heavy atom. The Morgan fingerprint density at radius 2 is 1.55 bits per heavy atom. The molecule has 2 amide bonds. The SMILES string of the molecule is CC(C)COc1ccc(C(=O)Nc2cccc(C(=O)Nc3ccc(F)cc3)c2)cc1Br. The molecule has 0 unspecified atom stereocenters. The number of halogens is 2. The summed E-state index contributed by atoms with van der Waals surface area (Å²) in [6, 6.07) is 17.2. The monoisotopic (exact) mass is 484 g/mol. The summed E-state index contributed by atoms with van der Waals surface area (Å²) < 4.78 is 19.4. The van der Waals surface area contributed by atoms with Gasteiger partial charge in [0.25, 0.3) is 11.8 Å². The number of nitrogens with one attached hydrogen (secondary N) is 2. The van der Waals surface area contributed by atoms with E-state index in [-0.39, 0.29) is 17.6 Å². The topological polar surface area (TPSA) is 67.4 Å². The van der Waals surface area contributed by atoms with Gasteiger partial charge in [-0.1, -0.05) is 19.9 Å². The van der Waals surface area contributed by atoms with E-state index in [1.54, 1.807) is 42.5 Å². The van der Waals surface area contributed by atoms with E-state index in [4.69, 9.17) is 4.74 Å². The van der Waals surface area contributed by atoms with Gasteiger partial charge in [-0.25, -0.2) is 4.39 Å². The molecular formula is C24H22BrFN2O3. The van der Waals surface area contributed by atoms with Crippen molar-refractivity contribution in [3.05, 3.63) is 88.1 Å². The van der Waals surface area contributed by atoms with Gasteiger partial charge in [0.05, 0.1) is 11.1 Å². The fraction of sp³-hybridized carbons (Fsp3) is 0.167. The predicted molar refractivity (Wildman–Crippen MR) is 123 cm³/mol. The molecule has 0 radical (unpaired) electrons. The molecule has 0 bridgehead atoms. The van der Waals surface area contributed by atoms with Crippen molar-refractivity contribution < 1.29 is 18.7 Å². The van der Waals surface area contributed by atoms with Gasteiger partial charge in [0.1, 0.15) is 11.6 Å². The van der Waals surface area contributed by atoms with Crippen LogP contribution in [0.15, 0.2) is 71.2 Å². The number of carbonyl (C=O) groups excluding carboxylic acids is 2. The van der Waals surface area contributed by atoms with Crippen LogP contribution in [-0.2, 0) is 0 Å². The molecule has 160 valence electrons. The van der Waals surface area contributed by atoms with Gasteiger partial charge in [-0.15, -0.1) is 0 Å². The van der Waals surface area contributed by atoms with Gasteiger partial charge in [-0.05, 0) is 82.5 Å². The van der Waals surface area contributed by atoms with Gasteiger partial charge in [0.2, 0.25) is 0 Å². The van der Waals surface area contributed by atoms with Crippen LogP contribution >= 0.6 is 15.9 Å². The molecule has 0 aromatic heterocycles. The maximum atomic E-state index is 13.0. The highest BCUT2D eigenvalue weighted by Crippen LogP contribution is 2.27. The number of amides is 2. The molecule has 2 N–H and O–H groups in total. The molecule has 3 rings (SSSR count). The lowest BCUT2D eigenvalue weighted by molar-refractivity contribution is 0.101. The maximum Gasteiger partial charge on any atom is 0.255 e. The first-order valence-electron chi connectivity index (χ1n) is 9.72. The summed E-state index contributed by atoms with van der Waals surface area (Å²) in [5, 5.41) is 5.48. The highest BCUT2D eigenvalue weighted by atomic mass is 79.9. The second-order valence-corrected chi connectivity index (χ2v) is 8.20. The maximum absolute atomic E-state index is 13.0. The van der Waals surface area contributed by atoms with Crippen molar-refractivity contribution in [3.8, 4) is 5.75 Å². The molecule has 0 spiro atoms. The zero-order valence-corrected chi connectivity index (χ0v) is 18.7. The van der Waals surface area contributed by atoms with Crippen LogP contribution in [0, 0.1) is 11.7 Å². The van der Waals surface area contributed by atoms with Crippen molar-refractivity contribution >= 4 is 39.1 Å². The zero-order chi connectivity index (χ0) is 22.4. The third kappa shape index (κ3) is 6.39. The second kappa shape index (κ2) is 10.2. The van der Waals surface area contributed by atoms with E-state index in [2.05, 4.69) is 40.4 Å². The summed E-state index contributed by atoms with van der Waals surface area (Å²) in [6.07, 6.45) is 0. The van der Waals surface area contributed by atoms with E-state index in [0.717, 1.165) is 0 Å². The number of hydrogen-bond donors (Lipinski definition) is 2. The van der Waals surface area contributed by atoms with Gasteiger partial charge < -0.3 is 15.4 Å². The zero-order valence-electron chi connectivity index (χ0n) is 17.1. The largest absolute Gasteiger partial charge is 0.492 e. The molecule has 31 heavy (non-hydrogen) atoms. The van der Waals surface area contributed by atoms with Crippen LogP contribution in [0.25, 0.3) is 0 Å². The average molecular weight is 485 g/mol. The molecule has 0 aliphatic carbocycles. The highest BCUT2D eigenvalue weighted by Gasteiger charge is 2.12. The Hall–Kier alpha value is -3.19. The molecule has 0 saturated carbocycles. The minimum atomic E-state index is -0.381. The van der Waals surface area contributed by atoms with Gasteiger partial charge in [-0.3, -0.25) is 9.59 Å². The van der Waals surface area contributed by atoms with Crippen molar-refractivity contribution in [2.45, 2.75) is 13.8 Å².